The zero-order valence-corrected chi connectivity index (χ0v) is 21.4. The Balaban J connectivity index is 1.73. The number of benzene rings is 2. The fourth-order valence-corrected chi connectivity index (χ4v) is 4.12. The zero-order chi connectivity index (χ0) is 25.7. The predicted molar refractivity (Wildman–Crippen MR) is 135 cm³/mol. The van der Waals surface area contributed by atoms with Crippen LogP contribution in [0.25, 0.3) is 0 Å². The van der Waals surface area contributed by atoms with Crippen LogP contribution >= 0.6 is 0 Å². The first kappa shape index (κ1) is 25.4. The predicted octanol–water partition coefficient (Wildman–Crippen LogP) is 4.17. The van der Waals surface area contributed by atoms with Crippen molar-refractivity contribution in [3.63, 3.8) is 0 Å². The largest absolute Gasteiger partial charge is 0.497 e. The lowest BCUT2D eigenvalue weighted by Gasteiger charge is -2.26. The number of aliphatic hydroxyl groups excluding tert-OH is 1. The van der Waals surface area contributed by atoms with E-state index in [-0.39, 0.29) is 5.92 Å². The Hall–Kier alpha value is -3.72. The molecule has 1 fully saturated rings. The summed E-state index contributed by atoms with van der Waals surface area (Å²) in [5.41, 5.74) is 2.46. The van der Waals surface area contributed by atoms with E-state index < -0.39 is 6.10 Å². The normalized spacial score (nSPS) is 13.6. The maximum Gasteiger partial charge on any atom is 0.229 e. The van der Waals surface area contributed by atoms with Gasteiger partial charge < -0.3 is 33.7 Å². The first-order chi connectivity index (χ1) is 17.5. The lowest BCUT2D eigenvalue weighted by atomic mass is 10.1. The summed E-state index contributed by atoms with van der Waals surface area (Å²) in [7, 11) is 8.05. The SMILES string of the molecule is COc1ccc(CN(Cc2ccc(OC)cc2OC)c2ncc(C(O)C3CC3)c(OC)n2)c(OC)c1. The van der Waals surface area contributed by atoms with Crippen molar-refractivity contribution < 1.29 is 28.8 Å². The Morgan fingerprint density at radius 1 is 0.833 bits per heavy atom. The molecule has 0 aliphatic heterocycles. The van der Waals surface area contributed by atoms with Crippen molar-refractivity contribution >= 4 is 5.95 Å². The molecule has 1 atom stereocenters. The minimum Gasteiger partial charge on any atom is -0.497 e. The van der Waals surface area contributed by atoms with Crippen molar-refractivity contribution in [1.29, 1.82) is 0 Å². The van der Waals surface area contributed by atoms with Gasteiger partial charge in [-0.15, -0.1) is 0 Å². The molecule has 1 aliphatic rings. The summed E-state index contributed by atoms with van der Waals surface area (Å²) in [4.78, 5) is 11.3. The third-order valence-corrected chi connectivity index (χ3v) is 6.34. The molecule has 1 unspecified atom stereocenters. The van der Waals surface area contributed by atoms with Gasteiger partial charge in [0.1, 0.15) is 23.0 Å². The summed E-state index contributed by atoms with van der Waals surface area (Å²) in [5.74, 6) is 3.84. The molecular formula is C27H33N3O6. The van der Waals surface area contributed by atoms with E-state index >= 15 is 0 Å². The van der Waals surface area contributed by atoms with E-state index in [2.05, 4.69) is 4.98 Å². The Labute approximate surface area is 211 Å². The van der Waals surface area contributed by atoms with Crippen molar-refractivity contribution in [2.24, 2.45) is 5.92 Å². The number of nitrogens with zero attached hydrogens (tertiary/aromatic N) is 3. The van der Waals surface area contributed by atoms with Crippen LogP contribution in [0, 0.1) is 5.92 Å². The first-order valence-corrected chi connectivity index (χ1v) is 11.8. The molecule has 0 amide bonds. The summed E-state index contributed by atoms with van der Waals surface area (Å²) in [6.45, 7) is 0.881. The first-order valence-electron chi connectivity index (χ1n) is 11.8. The van der Waals surface area contributed by atoms with Gasteiger partial charge in [0.25, 0.3) is 0 Å². The third kappa shape index (κ3) is 5.57. The molecule has 0 saturated heterocycles. The van der Waals surface area contributed by atoms with Gasteiger partial charge in [-0.2, -0.15) is 4.98 Å². The molecule has 0 bridgehead atoms. The van der Waals surface area contributed by atoms with E-state index in [1.807, 2.05) is 41.3 Å². The number of ether oxygens (including phenoxy) is 5. The highest BCUT2D eigenvalue weighted by atomic mass is 16.5. The van der Waals surface area contributed by atoms with Gasteiger partial charge in [0.15, 0.2) is 0 Å². The molecule has 0 radical (unpaired) electrons. The molecule has 36 heavy (non-hydrogen) atoms. The molecule has 0 spiro atoms. The van der Waals surface area contributed by atoms with Crippen LogP contribution in [-0.2, 0) is 13.1 Å². The van der Waals surface area contributed by atoms with E-state index in [9.17, 15) is 5.11 Å². The van der Waals surface area contributed by atoms with Crippen molar-refractivity contribution in [2.75, 3.05) is 40.4 Å². The lowest BCUT2D eigenvalue weighted by Crippen LogP contribution is -2.25. The average Bonchev–Trinajstić information content (AvgIpc) is 3.78. The van der Waals surface area contributed by atoms with E-state index in [0.29, 0.717) is 53.5 Å². The fourth-order valence-electron chi connectivity index (χ4n) is 4.12. The van der Waals surface area contributed by atoms with Crippen molar-refractivity contribution in [3.05, 3.63) is 59.3 Å². The smallest absolute Gasteiger partial charge is 0.229 e. The zero-order valence-electron chi connectivity index (χ0n) is 21.4. The van der Waals surface area contributed by atoms with Crippen LogP contribution in [-0.4, -0.2) is 50.6 Å². The molecule has 1 aromatic heterocycles. The Morgan fingerprint density at radius 2 is 1.39 bits per heavy atom. The number of rotatable bonds is 12. The molecular weight excluding hydrogens is 462 g/mol. The van der Waals surface area contributed by atoms with Crippen LogP contribution < -0.4 is 28.6 Å². The quantitative estimate of drug-likeness (QED) is 0.397. The number of hydrogen-bond donors (Lipinski definition) is 1. The molecule has 1 N–H and O–H groups in total. The van der Waals surface area contributed by atoms with Gasteiger partial charge >= 0.3 is 0 Å². The molecule has 1 saturated carbocycles. The lowest BCUT2D eigenvalue weighted by molar-refractivity contribution is 0.148. The molecule has 4 rings (SSSR count). The van der Waals surface area contributed by atoms with Gasteiger partial charge in [-0.05, 0) is 43.0 Å². The Bertz CT molecular complexity index is 1130. The van der Waals surface area contributed by atoms with Crippen LogP contribution in [0.5, 0.6) is 28.9 Å². The minimum absolute atomic E-state index is 0.233. The molecule has 1 heterocycles. The van der Waals surface area contributed by atoms with Gasteiger partial charge in [0, 0.05) is 42.5 Å². The molecule has 9 heteroatoms. The molecule has 2 aromatic carbocycles. The molecule has 9 nitrogen and oxygen atoms in total. The van der Waals surface area contributed by atoms with Crippen LogP contribution in [0.4, 0.5) is 5.95 Å². The summed E-state index contributed by atoms with van der Waals surface area (Å²) in [6.07, 6.45) is 3.01. The number of anilines is 1. The highest BCUT2D eigenvalue weighted by molar-refractivity contribution is 5.48. The van der Waals surface area contributed by atoms with Crippen LogP contribution in [0.2, 0.25) is 0 Å². The van der Waals surface area contributed by atoms with Gasteiger partial charge in [0.05, 0.1) is 47.2 Å². The van der Waals surface area contributed by atoms with Gasteiger partial charge in [-0.3, -0.25) is 0 Å². The van der Waals surface area contributed by atoms with Crippen LogP contribution in [0.3, 0.4) is 0 Å². The highest BCUT2D eigenvalue weighted by Gasteiger charge is 2.33. The summed E-state index contributed by atoms with van der Waals surface area (Å²) in [5, 5.41) is 10.7. The number of aliphatic hydroxyl groups is 1. The Kier molecular flexibility index (Phi) is 8.00. The van der Waals surface area contributed by atoms with Gasteiger partial charge in [-0.25, -0.2) is 4.98 Å². The van der Waals surface area contributed by atoms with Crippen LogP contribution in [0.15, 0.2) is 42.6 Å². The summed E-state index contributed by atoms with van der Waals surface area (Å²) in [6, 6.07) is 11.4. The number of hydrogen-bond acceptors (Lipinski definition) is 9. The summed E-state index contributed by atoms with van der Waals surface area (Å²) >= 11 is 0. The van der Waals surface area contributed by atoms with Crippen molar-refractivity contribution in [2.45, 2.75) is 32.0 Å². The second-order valence-electron chi connectivity index (χ2n) is 8.63. The van der Waals surface area contributed by atoms with Crippen LogP contribution in [0.1, 0.15) is 35.6 Å². The highest BCUT2D eigenvalue weighted by Crippen LogP contribution is 2.43. The van der Waals surface area contributed by atoms with E-state index in [0.717, 1.165) is 24.0 Å². The number of methoxy groups -OCH3 is 5. The monoisotopic (exact) mass is 495 g/mol. The molecule has 3 aromatic rings. The second kappa shape index (κ2) is 11.3. The van der Waals surface area contributed by atoms with Gasteiger partial charge in [0.2, 0.25) is 11.8 Å². The fraction of sp³-hybridized carbons (Fsp3) is 0.407. The Morgan fingerprint density at radius 3 is 1.83 bits per heavy atom. The number of aromatic nitrogens is 2. The second-order valence-corrected chi connectivity index (χ2v) is 8.63. The maximum absolute atomic E-state index is 10.7. The van der Waals surface area contributed by atoms with E-state index in [4.69, 9.17) is 28.7 Å². The minimum atomic E-state index is -0.634. The standard InChI is InChI=1S/C27H33N3O6/c1-32-20-10-8-18(23(12-20)34-3)15-30(16-19-9-11-21(33-2)13-24(19)35-4)27-28-14-22(26(29-27)36-5)25(31)17-6-7-17/h8-14,17,25,31H,6-7,15-16H2,1-5H3. The van der Waals surface area contributed by atoms with Crippen molar-refractivity contribution in [1.82, 2.24) is 9.97 Å². The topological polar surface area (TPSA) is 95.4 Å². The van der Waals surface area contributed by atoms with Gasteiger partial charge in [-0.1, -0.05) is 0 Å². The average molecular weight is 496 g/mol. The molecule has 192 valence electrons. The maximum atomic E-state index is 10.7. The van der Waals surface area contributed by atoms with Crippen molar-refractivity contribution in [3.8, 4) is 28.9 Å². The van der Waals surface area contributed by atoms with E-state index in [1.54, 1.807) is 41.7 Å². The van der Waals surface area contributed by atoms with E-state index in [1.165, 1.54) is 0 Å². The summed E-state index contributed by atoms with van der Waals surface area (Å²) < 4.78 is 27.5. The molecule has 1 aliphatic carbocycles. The third-order valence-electron chi connectivity index (χ3n) is 6.34.